The number of carbonyl (C=O) groups is 1. The maximum absolute atomic E-state index is 11.7. The average Bonchev–Trinajstić information content (AvgIpc) is 2.85. The van der Waals surface area contributed by atoms with Crippen LogP contribution in [0.1, 0.15) is 26.3 Å². The van der Waals surface area contributed by atoms with Crippen LogP contribution >= 0.6 is 0 Å². The van der Waals surface area contributed by atoms with Crippen molar-refractivity contribution in [2.45, 2.75) is 33.9 Å². The van der Waals surface area contributed by atoms with E-state index in [9.17, 15) is 4.79 Å². The van der Waals surface area contributed by atoms with Gasteiger partial charge >= 0.3 is 0 Å². The van der Waals surface area contributed by atoms with E-state index in [4.69, 9.17) is 0 Å². The predicted molar refractivity (Wildman–Crippen MR) is 91.8 cm³/mol. The highest BCUT2D eigenvalue weighted by Crippen LogP contribution is 2.29. The van der Waals surface area contributed by atoms with Crippen molar-refractivity contribution in [2.75, 3.05) is 0 Å². The van der Waals surface area contributed by atoms with E-state index in [0.29, 0.717) is 6.54 Å². The molecule has 2 aromatic carbocycles. The molecule has 0 saturated carbocycles. The Balaban J connectivity index is 2.02. The Morgan fingerprint density at radius 1 is 1.09 bits per heavy atom. The number of rotatable bonds is 4. The quantitative estimate of drug-likeness (QED) is 0.772. The molecule has 3 rings (SSSR count). The van der Waals surface area contributed by atoms with Gasteiger partial charge in [0.05, 0.1) is 0 Å². The van der Waals surface area contributed by atoms with Gasteiger partial charge in [-0.2, -0.15) is 0 Å². The minimum atomic E-state index is 0.0192. The number of nitrogens with one attached hydrogen (secondary N) is 1. The summed E-state index contributed by atoms with van der Waals surface area (Å²) >= 11 is 0. The van der Waals surface area contributed by atoms with Crippen LogP contribution in [0.4, 0.5) is 0 Å². The van der Waals surface area contributed by atoms with Gasteiger partial charge in [-0.05, 0) is 30.7 Å². The monoisotopic (exact) mass is 294 g/mol. The number of nitrogens with zero attached hydrogens (tertiary/aromatic N) is 1. The molecule has 0 saturated heterocycles. The van der Waals surface area contributed by atoms with Gasteiger partial charge in [0.15, 0.2) is 0 Å². The Morgan fingerprint density at radius 3 is 2.55 bits per heavy atom. The van der Waals surface area contributed by atoms with Gasteiger partial charge in [0.2, 0.25) is 5.91 Å². The van der Waals surface area contributed by atoms with Crippen molar-refractivity contribution in [3.63, 3.8) is 0 Å². The lowest BCUT2D eigenvalue weighted by Crippen LogP contribution is -2.27. The third kappa shape index (κ3) is 2.47. The van der Waals surface area contributed by atoms with Gasteiger partial charge in [-0.25, -0.2) is 0 Å². The van der Waals surface area contributed by atoms with Crippen LogP contribution in [-0.4, -0.2) is 10.5 Å². The van der Waals surface area contributed by atoms with Crippen molar-refractivity contribution >= 4 is 27.7 Å². The highest BCUT2D eigenvalue weighted by atomic mass is 16.1. The zero-order chi connectivity index (χ0) is 15.7. The van der Waals surface area contributed by atoms with Gasteiger partial charge in [0, 0.05) is 40.8 Å². The molecule has 3 nitrogen and oxygen atoms in total. The van der Waals surface area contributed by atoms with Crippen LogP contribution in [0.25, 0.3) is 21.8 Å². The molecule has 0 fully saturated rings. The summed E-state index contributed by atoms with van der Waals surface area (Å²) in [5, 5.41) is 5.52. The molecule has 3 aromatic rings. The molecule has 0 aliphatic rings. The number of fused-ring (bicyclic) bond motifs is 3. The number of para-hydroxylation sites is 1. The molecule has 0 spiro atoms. The lowest BCUT2D eigenvalue weighted by molar-refractivity contribution is -0.124. The Hall–Kier alpha value is -2.29. The molecule has 1 aromatic heterocycles. The van der Waals surface area contributed by atoms with Crippen LogP contribution in [-0.2, 0) is 17.9 Å². The van der Waals surface area contributed by atoms with Crippen molar-refractivity contribution in [1.29, 1.82) is 0 Å². The Labute approximate surface area is 130 Å². The van der Waals surface area contributed by atoms with E-state index in [0.717, 1.165) is 12.1 Å². The summed E-state index contributed by atoms with van der Waals surface area (Å²) in [5.41, 5.74) is 3.66. The fraction of sp³-hybridized carbons (Fsp3) is 0.316. The third-order valence-corrected chi connectivity index (χ3v) is 4.14. The van der Waals surface area contributed by atoms with Crippen LogP contribution in [0.3, 0.4) is 0 Å². The lowest BCUT2D eigenvalue weighted by Gasteiger charge is -2.08. The van der Waals surface area contributed by atoms with Gasteiger partial charge in [0.1, 0.15) is 0 Å². The second-order valence-electron chi connectivity index (χ2n) is 5.99. The molecule has 22 heavy (non-hydrogen) atoms. The number of aromatic nitrogens is 1. The van der Waals surface area contributed by atoms with Crippen molar-refractivity contribution < 1.29 is 4.79 Å². The maximum Gasteiger partial charge on any atom is 0.222 e. The standard InChI is InChI=1S/C19H22N2O/c1-4-21-17-8-6-5-7-15(17)16-11-14(9-10-18(16)21)12-20-19(22)13(2)3/h5-11,13H,4,12H2,1-3H3,(H,20,22). The molecule has 0 bridgehead atoms. The highest BCUT2D eigenvalue weighted by molar-refractivity contribution is 6.08. The predicted octanol–water partition coefficient (Wildman–Crippen LogP) is 4.09. The zero-order valence-electron chi connectivity index (χ0n) is 13.4. The lowest BCUT2D eigenvalue weighted by atomic mass is 10.1. The smallest absolute Gasteiger partial charge is 0.222 e. The zero-order valence-corrected chi connectivity index (χ0v) is 13.4. The van der Waals surface area contributed by atoms with E-state index in [-0.39, 0.29) is 11.8 Å². The van der Waals surface area contributed by atoms with Gasteiger partial charge in [-0.15, -0.1) is 0 Å². The molecule has 0 unspecified atom stereocenters. The maximum atomic E-state index is 11.7. The molecular formula is C19H22N2O. The first kappa shape index (κ1) is 14.6. The molecule has 1 N–H and O–H groups in total. The Bertz CT molecular complexity index is 830. The van der Waals surface area contributed by atoms with Crippen LogP contribution in [0.5, 0.6) is 0 Å². The molecule has 3 heteroatoms. The van der Waals surface area contributed by atoms with Crippen molar-refractivity contribution in [3.8, 4) is 0 Å². The Kier molecular flexibility index (Phi) is 3.88. The number of amides is 1. The summed E-state index contributed by atoms with van der Waals surface area (Å²) in [6, 6.07) is 15.0. The number of hydrogen-bond donors (Lipinski definition) is 1. The van der Waals surface area contributed by atoms with Gasteiger partial charge in [-0.3, -0.25) is 4.79 Å². The summed E-state index contributed by atoms with van der Waals surface area (Å²) in [6.45, 7) is 7.52. The fourth-order valence-corrected chi connectivity index (χ4v) is 2.94. The van der Waals surface area contributed by atoms with Gasteiger partial charge < -0.3 is 9.88 Å². The van der Waals surface area contributed by atoms with E-state index < -0.39 is 0 Å². The third-order valence-electron chi connectivity index (χ3n) is 4.14. The van der Waals surface area contributed by atoms with Crippen LogP contribution in [0.15, 0.2) is 42.5 Å². The average molecular weight is 294 g/mol. The molecule has 1 amide bonds. The SMILES string of the molecule is CCn1c2ccccc2c2cc(CNC(=O)C(C)C)ccc21. The normalized spacial score (nSPS) is 11.5. The van der Waals surface area contributed by atoms with E-state index in [2.05, 4.69) is 59.3 Å². The van der Waals surface area contributed by atoms with E-state index in [1.54, 1.807) is 0 Å². The molecule has 1 heterocycles. The van der Waals surface area contributed by atoms with Crippen molar-refractivity contribution in [1.82, 2.24) is 9.88 Å². The van der Waals surface area contributed by atoms with Crippen molar-refractivity contribution in [3.05, 3.63) is 48.0 Å². The summed E-state index contributed by atoms with van der Waals surface area (Å²) in [7, 11) is 0. The summed E-state index contributed by atoms with van der Waals surface area (Å²) < 4.78 is 2.33. The fourth-order valence-electron chi connectivity index (χ4n) is 2.94. The minimum absolute atomic E-state index is 0.0192. The Morgan fingerprint density at radius 2 is 1.82 bits per heavy atom. The summed E-state index contributed by atoms with van der Waals surface area (Å²) in [5.74, 6) is 0.113. The van der Waals surface area contributed by atoms with Gasteiger partial charge in [0.25, 0.3) is 0 Å². The van der Waals surface area contributed by atoms with Crippen LogP contribution in [0.2, 0.25) is 0 Å². The topological polar surface area (TPSA) is 34.0 Å². The molecule has 0 atom stereocenters. The molecule has 0 radical (unpaired) electrons. The minimum Gasteiger partial charge on any atom is -0.352 e. The highest BCUT2D eigenvalue weighted by Gasteiger charge is 2.10. The van der Waals surface area contributed by atoms with Gasteiger partial charge in [-0.1, -0.05) is 38.1 Å². The van der Waals surface area contributed by atoms with E-state index >= 15 is 0 Å². The number of carbonyl (C=O) groups excluding carboxylic acids is 1. The number of aryl methyl sites for hydroxylation is 1. The van der Waals surface area contributed by atoms with E-state index in [1.165, 1.54) is 21.8 Å². The van der Waals surface area contributed by atoms with E-state index in [1.807, 2.05) is 13.8 Å². The second-order valence-corrected chi connectivity index (χ2v) is 5.99. The first-order valence-corrected chi connectivity index (χ1v) is 7.89. The number of benzene rings is 2. The first-order chi connectivity index (χ1) is 10.6. The molecular weight excluding hydrogens is 272 g/mol. The van der Waals surface area contributed by atoms with Crippen molar-refractivity contribution in [2.24, 2.45) is 5.92 Å². The largest absolute Gasteiger partial charge is 0.352 e. The van der Waals surface area contributed by atoms with Crippen LogP contribution in [0, 0.1) is 5.92 Å². The number of hydrogen-bond acceptors (Lipinski definition) is 1. The molecule has 0 aliphatic heterocycles. The molecule has 0 aliphatic carbocycles. The summed E-state index contributed by atoms with van der Waals surface area (Å²) in [4.78, 5) is 11.7. The molecule has 114 valence electrons. The second kappa shape index (κ2) is 5.84. The van der Waals surface area contributed by atoms with Crippen LogP contribution < -0.4 is 5.32 Å². The summed E-state index contributed by atoms with van der Waals surface area (Å²) in [6.07, 6.45) is 0. The first-order valence-electron chi connectivity index (χ1n) is 7.89.